The lowest BCUT2D eigenvalue weighted by Gasteiger charge is -2.27. The van der Waals surface area contributed by atoms with Crippen molar-refractivity contribution in [2.45, 2.75) is 57.3 Å². The molecular formula is C12H18F2O. The second-order valence-electron chi connectivity index (χ2n) is 5.08. The van der Waals surface area contributed by atoms with Crippen molar-refractivity contribution in [1.82, 2.24) is 0 Å². The molecule has 0 amide bonds. The Morgan fingerprint density at radius 1 is 1.13 bits per heavy atom. The molecule has 2 aliphatic carbocycles. The molecule has 1 nitrogen and oxygen atoms in total. The molecule has 3 heteroatoms. The van der Waals surface area contributed by atoms with Gasteiger partial charge in [-0.1, -0.05) is 12.8 Å². The van der Waals surface area contributed by atoms with Crippen molar-refractivity contribution < 1.29 is 13.6 Å². The molecule has 0 aromatic rings. The highest BCUT2D eigenvalue weighted by Crippen LogP contribution is 2.38. The Balaban J connectivity index is 1.71. The van der Waals surface area contributed by atoms with Gasteiger partial charge in [0.05, 0.1) is 0 Å². The first-order valence-corrected chi connectivity index (χ1v) is 5.97. The first-order valence-electron chi connectivity index (χ1n) is 5.97. The summed E-state index contributed by atoms with van der Waals surface area (Å²) in [5.74, 6) is -1.58. The zero-order chi connectivity index (χ0) is 10.9. The molecule has 2 aliphatic rings. The molecule has 0 aliphatic heterocycles. The van der Waals surface area contributed by atoms with Gasteiger partial charge >= 0.3 is 0 Å². The van der Waals surface area contributed by atoms with Crippen molar-refractivity contribution >= 4 is 5.78 Å². The van der Waals surface area contributed by atoms with Crippen molar-refractivity contribution in [2.24, 2.45) is 11.8 Å². The van der Waals surface area contributed by atoms with Gasteiger partial charge in [0.15, 0.2) is 0 Å². The summed E-state index contributed by atoms with van der Waals surface area (Å²) in [6, 6.07) is 0. The number of carbonyl (C=O) groups is 1. The minimum atomic E-state index is -2.51. The molecule has 15 heavy (non-hydrogen) atoms. The number of ketones is 1. The molecule has 0 unspecified atom stereocenters. The summed E-state index contributed by atoms with van der Waals surface area (Å²) in [6.07, 6.45) is 4.76. The molecule has 0 heterocycles. The molecule has 0 aromatic carbocycles. The third-order valence-electron chi connectivity index (χ3n) is 3.67. The summed E-state index contributed by atoms with van der Waals surface area (Å²) < 4.78 is 25.7. The lowest BCUT2D eigenvalue weighted by Crippen LogP contribution is -2.28. The molecule has 0 saturated heterocycles. The van der Waals surface area contributed by atoms with Gasteiger partial charge in [0.1, 0.15) is 5.78 Å². The van der Waals surface area contributed by atoms with Crippen LogP contribution in [0.25, 0.3) is 0 Å². The number of rotatable bonds is 4. The molecule has 2 rings (SSSR count). The second-order valence-corrected chi connectivity index (χ2v) is 5.08. The fourth-order valence-electron chi connectivity index (χ4n) is 2.32. The van der Waals surface area contributed by atoms with Crippen LogP contribution in [-0.4, -0.2) is 11.7 Å². The summed E-state index contributed by atoms with van der Waals surface area (Å²) in [6.45, 7) is 0. The summed E-state index contributed by atoms with van der Waals surface area (Å²) in [5.41, 5.74) is 0. The van der Waals surface area contributed by atoms with E-state index in [2.05, 4.69) is 0 Å². The predicted octanol–water partition coefficient (Wildman–Crippen LogP) is 3.57. The third kappa shape index (κ3) is 3.25. The van der Waals surface area contributed by atoms with E-state index >= 15 is 0 Å². The average Bonchev–Trinajstić information content (AvgIpc) is 2.97. The van der Waals surface area contributed by atoms with E-state index in [1.54, 1.807) is 0 Å². The maximum Gasteiger partial charge on any atom is 0.248 e. The number of halogens is 2. The number of carbonyl (C=O) groups excluding carboxylic acids is 1. The molecule has 2 saturated carbocycles. The highest BCUT2D eigenvalue weighted by Gasteiger charge is 2.37. The van der Waals surface area contributed by atoms with Gasteiger partial charge in [0.25, 0.3) is 0 Å². The van der Waals surface area contributed by atoms with E-state index in [4.69, 9.17) is 0 Å². The number of hydrogen-bond acceptors (Lipinski definition) is 1. The van der Waals surface area contributed by atoms with Gasteiger partial charge in [0, 0.05) is 25.2 Å². The van der Waals surface area contributed by atoms with Crippen molar-refractivity contribution in [3.05, 3.63) is 0 Å². The van der Waals surface area contributed by atoms with Gasteiger partial charge in [-0.2, -0.15) is 0 Å². The lowest BCUT2D eigenvalue weighted by molar-refractivity contribution is -0.127. The monoisotopic (exact) mass is 216 g/mol. The minimum Gasteiger partial charge on any atom is -0.299 e. The Hall–Kier alpha value is -0.470. The predicted molar refractivity (Wildman–Crippen MR) is 53.9 cm³/mol. The van der Waals surface area contributed by atoms with Crippen LogP contribution in [0.15, 0.2) is 0 Å². The van der Waals surface area contributed by atoms with Crippen LogP contribution in [0.4, 0.5) is 8.78 Å². The van der Waals surface area contributed by atoms with E-state index in [0.29, 0.717) is 19.3 Å². The first kappa shape index (κ1) is 11.0. The summed E-state index contributed by atoms with van der Waals surface area (Å²) in [7, 11) is 0. The van der Waals surface area contributed by atoms with Gasteiger partial charge in [-0.05, 0) is 25.2 Å². The number of hydrogen-bond donors (Lipinski definition) is 0. The lowest BCUT2D eigenvalue weighted by atomic mass is 9.83. The van der Waals surface area contributed by atoms with Crippen LogP contribution in [0.1, 0.15) is 51.4 Å². The van der Waals surface area contributed by atoms with Gasteiger partial charge < -0.3 is 0 Å². The van der Waals surface area contributed by atoms with Crippen LogP contribution < -0.4 is 0 Å². The molecular weight excluding hydrogens is 198 g/mol. The fourth-order valence-corrected chi connectivity index (χ4v) is 2.32. The standard InChI is InChI=1S/C12H18F2O/c13-12(14)7-5-10(6-8-12)11(15)4-3-9-1-2-9/h9-10H,1-8H2. The van der Waals surface area contributed by atoms with E-state index in [1.165, 1.54) is 12.8 Å². The van der Waals surface area contributed by atoms with Crippen LogP contribution in [-0.2, 0) is 4.79 Å². The van der Waals surface area contributed by atoms with Gasteiger partial charge in [-0.25, -0.2) is 8.78 Å². The zero-order valence-corrected chi connectivity index (χ0v) is 8.98. The zero-order valence-electron chi connectivity index (χ0n) is 8.98. The van der Waals surface area contributed by atoms with Crippen LogP contribution in [0.2, 0.25) is 0 Å². The van der Waals surface area contributed by atoms with Crippen LogP contribution in [0.5, 0.6) is 0 Å². The minimum absolute atomic E-state index is 0.0663. The van der Waals surface area contributed by atoms with Crippen LogP contribution in [0, 0.1) is 11.8 Å². The molecule has 2 fully saturated rings. The Morgan fingerprint density at radius 3 is 2.27 bits per heavy atom. The highest BCUT2D eigenvalue weighted by atomic mass is 19.3. The van der Waals surface area contributed by atoms with Crippen molar-refractivity contribution in [1.29, 1.82) is 0 Å². The molecule has 0 N–H and O–H groups in total. The smallest absolute Gasteiger partial charge is 0.248 e. The number of Topliss-reactive ketones (excluding diaryl/α,β-unsaturated/α-hetero) is 1. The third-order valence-corrected chi connectivity index (χ3v) is 3.67. The molecule has 0 radical (unpaired) electrons. The Bertz CT molecular complexity index is 236. The summed E-state index contributed by atoms with van der Waals surface area (Å²) in [5, 5.41) is 0. The SMILES string of the molecule is O=C(CCC1CC1)C1CCC(F)(F)CC1. The maximum atomic E-state index is 12.9. The first-order chi connectivity index (χ1) is 7.07. The highest BCUT2D eigenvalue weighted by molar-refractivity contribution is 5.81. The topological polar surface area (TPSA) is 17.1 Å². The molecule has 0 atom stereocenters. The fraction of sp³-hybridized carbons (Fsp3) is 0.917. The molecule has 0 spiro atoms. The van der Waals surface area contributed by atoms with E-state index < -0.39 is 5.92 Å². The van der Waals surface area contributed by atoms with Gasteiger partial charge in [0.2, 0.25) is 5.92 Å². The van der Waals surface area contributed by atoms with Crippen LogP contribution >= 0.6 is 0 Å². The Morgan fingerprint density at radius 2 is 1.73 bits per heavy atom. The Kier molecular flexibility index (Phi) is 3.08. The maximum absolute atomic E-state index is 12.9. The van der Waals surface area contributed by atoms with E-state index in [0.717, 1.165) is 12.3 Å². The van der Waals surface area contributed by atoms with Crippen LogP contribution in [0.3, 0.4) is 0 Å². The molecule has 0 aromatic heterocycles. The van der Waals surface area contributed by atoms with E-state index in [1.807, 2.05) is 0 Å². The van der Waals surface area contributed by atoms with Crippen molar-refractivity contribution in [3.63, 3.8) is 0 Å². The number of alkyl halides is 2. The molecule has 86 valence electrons. The summed E-state index contributed by atoms with van der Waals surface area (Å²) in [4.78, 5) is 11.7. The average molecular weight is 216 g/mol. The van der Waals surface area contributed by atoms with Crippen molar-refractivity contribution in [2.75, 3.05) is 0 Å². The largest absolute Gasteiger partial charge is 0.299 e. The second kappa shape index (κ2) is 4.18. The molecule has 0 bridgehead atoms. The normalized spacial score (nSPS) is 26.5. The van der Waals surface area contributed by atoms with Crippen molar-refractivity contribution in [3.8, 4) is 0 Å². The van der Waals surface area contributed by atoms with E-state index in [-0.39, 0.29) is 24.5 Å². The van der Waals surface area contributed by atoms with Gasteiger partial charge in [-0.15, -0.1) is 0 Å². The quantitative estimate of drug-likeness (QED) is 0.702. The van der Waals surface area contributed by atoms with E-state index in [9.17, 15) is 13.6 Å². The summed E-state index contributed by atoms with van der Waals surface area (Å²) >= 11 is 0. The van der Waals surface area contributed by atoms with Gasteiger partial charge in [-0.3, -0.25) is 4.79 Å². The Labute approximate surface area is 89.2 Å².